The van der Waals surface area contributed by atoms with E-state index in [9.17, 15) is 5.11 Å². The predicted molar refractivity (Wildman–Crippen MR) is 119 cm³/mol. The highest BCUT2D eigenvalue weighted by molar-refractivity contribution is 5.62. The van der Waals surface area contributed by atoms with Crippen LogP contribution in [0.3, 0.4) is 0 Å². The Hall–Kier alpha value is -2.06. The molecule has 1 aromatic carbocycles. The smallest absolute Gasteiger partial charge is 0.161 e. The van der Waals surface area contributed by atoms with E-state index in [1.807, 2.05) is 18.2 Å². The molecule has 1 spiro atoms. The Bertz CT molecular complexity index is 899. The third-order valence-electron chi connectivity index (χ3n) is 7.19. The van der Waals surface area contributed by atoms with Crippen LogP contribution in [0, 0.1) is 0 Å². The first-order valence-corrected chi connectivity index (χ1v) is 11.4. The van der Waals surface area contributed by atoms with E-state index in [1.54, 1.807) is 7.11 Å². The minimum absolute atomic E-state index is 0.118. The van der Waals surface area contributed by atoms with Crippen LogP contribution in [0.1, 0.15) is 30.5 Å². The van der Waals surface area contributed by atoms with E-state index in [-0.39, 0.29) is 11.5 Å². The van der Waals surface area contributed by atoms with Gasteiger partial charge in [0.2, 0.25) is 0 Å². The Morgan fingerprint density at radius 3 is 2.68 bits per heavy atom. The zero-order valence-electron chi connectivity index (χ0n) is 18.2. The van der Waals surface area contributed by atoms with Gasteiger partial charge in [-0.1, -0.05) is 30.3 Å². The van der Waals surface area contributed by atoms with E-state index in [1.165, 1.54) is 11.3 Å². The second-order valence-electron chi connectivity index (χ2n) is 9.06. The van der Waals surface area contributed by atoms with Crippen LogP contribution in [0.5, 0.6) is 0 Å². The van der Waals surface area contributed by atoms with Gasteiger partial charge in [0.15, 0.2) is 5.82 Å². The quantitative estimate of drug-likeness (QED) is 0.736. The van der Waals surface area contributed by atoms with Gasteiger partial charge >= 0.3 is 0 Å². The number of hydrogen-bond acceptors (Lipinski definition) is 7. The molecule has 166 valence electrons. The summed E-state index contributed by atoms with van der Waals surface area (Å²) in [5.74, 6) is 1.63. The average Bonchev–Trinajstić information content (AvgIpc) is 3.38. The van der Waals surface area contributed by atoms with E-state index >= 15 is 0 Å². The van der Waals surface area contributed by atoms with Gasteiger partial charge in [0, 0.05) is 30.2 Å². The van der Waals surface area contributed by atoms with Gasteiger partial charge in [-0.3, -0.25) is 0 Å². The van der Waals surface area contributed by atoms with Gasteiger partial charge < -0.3 is 24.8 Å². The molecular weight excluding hydrogens is 392 g/mol. The molecule has 2 aliphatic heterocycles. The summed E-state index contributed by atoms with van der Waals surface area (Å²) in [4.78, 5) is 12.6. The number of benzene rings is 1. The van der Waals surface area contributed by atoms with Crippen molar-refractivity contribution in [3.05, 3.63) is 41.6 Å². The summed E-state index contributed by atoms with van der Waals surface area (Å²) in [6, 6.07) is 10.1. The van der Waals surface area contributed by atoms with Crippen molar-refractivity contribution < 1.29 is 14.6 Å². The maximum Gasteiger partial charge on any atom is 0.161 e. The third kappa shape index (κ3) is 4.07. The molecule has 3 aliphatic rings. The summed E-state index contributed by atoms with van der Waals surface area (Å²) in [5, 5.41) is 13.8. The van der Waals surface area contributed by atoms with Gasteiger partial charge in [0.25, 0.3) is 0 Å². The summed E-state index contributed by atoms with van der Waals surface area (Å²) in [5.41, 5.74) is 3.58. The van der Waals surface area contributed by atoms with Crippen molar-refractivity contribution in [2.75, 3.05) is 51.9 Å². The van der Waals surface area contributed by atoms with Gasteiger partial charge in [-0.05, 0) is 38.8 Å². The number of aliphatic hydroxyl groups is 1. The lowest BCUT2D eigenvalue weighted by Crippen LogP contribution is -2.43. The summed E-state index contributed by atoms with van der Waals surface area (Å²) >= 11 is 0. The van der Waals surface area contributed by atoms with E-state index in [4.69, 9.17) is 19.4 Å². The lowest BCUT2D eigenvalue weighted by atomic mass is 9.76. The summed E-state index contributed by atoms with van der Waals surface area (Å²) in [6.07, 6.45) is 3.82. The maximum atomic E-state index is 10.3. The van der Waals surface area contributed by atoms with Gasteiger partial charge in [-0.2, -0.15) is 0 Å². The molecule has 3 heterocycles. The number of aliphatic hydroxyl groups excluding tert-OH is 1. The van der Waals surface area contributed by atoms with Crippen molar-refractivity contribution in [2.24, 2.45) is 0 Å². The largest absolute Gasteiger partial charge is 0.388 e. The van der Waals surface area contributed by atoms with Gasteiger partial charge in [-0.25, -0.2) is 9.97 Å². The molecule has 0 bridgehead atoms. The minimum atomic E-state index is -0.509. The molecule has 5 rings (SSSR count). The molecule has 2 N–H and O–H groups in total. The number of fused-ring (bicyclic) bond motifs is 2. The van der Waals surface area contributed by atoms with Crippen molar-refractivity contribution in [1.29, 1.82) is 0 Å². The Kier molecular flexibility index (Phi) is 5.93. The first kappa shape index (κ1) is 20.8. The number of anilines is 1. The van der Waals surface area contributed by atoms with Crippen molar-refractivity contribution in [2.45, 2.75) is 43.2 Å². The molecule has 0 amide bonds. The molecule has 2 saturated heterocycles. The molecule has 7 nitrogen and oxygen atoms in total. The monoisotopic (exact) mass is 424 g/mol. The fourth-order valence-electron chi connectivity index (χ4n) is 5.25. The highest BCUT2D eigenvalue weighted by Gasteiger charge is 2.44. The number of nitrogens with zero attached hydrogens (tertiary/aromatic N) is 3. The molecule has 2 atom stereocenters. The van der Waals surface area contributed by atoms with Crippen LogP contribution < -0.4 is 5.32 Å². The number of hydrogen-bond donors (Lipinski definition) is 2. The standard InChI is InChI=1S/C24H32N4O3/c1-30-14-13-28-11-9-24(10-12-28)8-7-18-21(24)26-22(17-5-3-2-4-6-17)27-23(18)25-19-15-31-16-20(19)29/h2-6,19-20,29H,7-16H2,1H3,(H,25,26,27). The molecular formula is C24H32N4O3. The molecule has 7 heteroatoms. The van der Waals surface area contributed by atoms with Crippen LogP contribution in [0.2, 0.25) is 0 Å². The van der Waals surface area contributed by atoms with Gasteiger partial charge in [0.1, 0.15) is 5.82 Å². The van der Waals surface area contributed by atoms with Gasteiger partial charge in [0.05, 0.1) is 37.7 Å². The molecule has 2 unspecified atom stereocenters. The number of methoxy groups -OCH3 is 1. The lowest BCUT2D eigenvalue weighted by molar-refractivity contribution is 0.108. The number of likely N-dealkylation sites (tertiary alicyclic amines) is 1. The summed E-state index contributed by atoms with van der Waals surface area (Å²) < 4.78 is 10.7. The highest BCUT2D eigenvalue weighted by atomic mass is 16.5. The Morgan fingerprint density at radius 2 is 1.97 bits per heavy atom. The van der Waals surface area contributed by atoms with Crippen LogP contribution in [0.15, 0.2) is 30.3 Å². The normalized spacial score (nSPS) is 25.1. The number of piperidine rings is 1. The van der Waals surface area contributed by atoms with Crippen molar-refractivity contribution in [3.63, 3.8) is 0 Å². The first-order chi connectivity index (χ1) is 15.2. The molecule has 2 fully saturated rings. The topological polar surface area (TPSA) is 79.7 Å². The summed E-state index contributed by atoms with van der Waals surface area (Å²) in [6.45, 7) is 4.80. The first-order valence-electron chi connectivity index (χ1n) is 11.4. The Labute approximate surface area is 183 Å². The average molecular weight is 425 g/mol. The molecule has 0 radical (unpaired) electrons. The fraction of sp³-hybridized carbons (Fsp3) is 0.583. The molecule has 31 heavy (non-hydrogen) atoms. The third-order valence-corrected chi connectivity index (χ3v) is 7.19. The lowest BCUT2D eigenvalue weighted by Gasteiger charge is -2.39. The van der Waals surface area contributed by atoms with Gasteiger partial charge in [-0.15, -0.1) is 0 Å². The number of rotatable bonds is 6. The molecule has 0 saturated carbocycles. The highest BCUT2D eigenvalue weighted by Crippen LogP contribution is 2.47. The maximum absolute atomic E-state index is 10.3. The van der Waals surface area contributed by atoms with E-state index in [2.05, 4.69) is 22.3 Å². The number of ether oxygens (including phenoxy) is 2. The molecule has 1 aromatic heterocycles. The van der Waals surface area contributed by atoms with Crippen LogP contribution in [-0.2, 0) is 21.3 Å². The second kappa shape index (κ2) is 8.82. The van der Waals surface area contributed by atoms with Crippen LogP contribution in [0.25, 0.3) is 11.4 Å². The van der Waals surface area contributed by atoms with Crippen molar-refractivity contribution >= 4 is 5.82 Å². The zero-order valence-corrected chi connectivity index (χ0v) is 18.2. The minimum Gasteiger partial charge on any atom is -0.388 e. The summed E-state index contributed by atoms with van der Waals surface area (Å²) in [7, 11) is 1.77. The fourth-order valence-corrected chi connectivity index (χ4v) is 5.25. The second-order valence-corrected chi connectivity index (χ2v) is 9.06. The van der Waals surface area contributed by atoms with Crippen molar-refractivity contribution in [3.8, 4) is 11.4 Å². The Morgan fingerprint density at radius 1 is 1.16 bits per heavy atom. The number of aromatic nitrogens is 2. The number of nitrogens with one attached hydrogen (secondary N) is 1. The van der Waals surface area contributed by atoms with E-state index in [0.29, 0.717) is 13.2 Å². The molecule has 1 aliphatic carbocycles. The van der Waals surface area contributed by atoms with Crippen LogP contribution in [0.4, 0.5) is 5.82 Å². The van der Waals surface area contributed by atoms with Crippen molar-refractivity contribution in [1.82, 2.24) is 14.9 Å². The van der Waals surface area contributed by atoms with E-state index < -0.39 is 6.10 Å². The van der Waals surface area contributed by atoms with Crippen LogP contribution >= 0.6 is 0 Å². The Balaban J connectivity index is 1.48. The SMILES string of the molecule is COCCN1CCC2(CCc3c(NC4COCC4O)nc(-c4ccccc4)nc32)CC1. The zero-order chi connectivity index (χ0) is 21.3. The predicted octanol–water partition coefficient (Wildman–Crippen LogP) is 2.24. The van der Waals surface area contributed by atoms with Crippen LogP contribution in [-0.4, -0.2) is 78.7 Å². The molecule has 2 aromatic rings. The van der Waals surface area contributed by atoms with E-state index in [0.717, 1.165) is 69.1 Å².